The predicted molar refractivity (Wildman–Crippen MR) is 148 cm³/mol. The summed E-state index contributed by atoms with van der Waals surface area (Å²) in [6, 6.07) is 14.5. The number of alkyl halides is 1. The Balaban J connectivity index is 1.40. The normalized spacial score (nSPS) is 13.9. The summed E-state index contributed by atoms with van der Waals surface area (Å²) in [6.45, 7) is 6.04. The van der Waals surface area contributed by atoms with Gasteiger partial charge in [0, 0.05) is 61.2 Å². The van der Waals surface area contributed by atoms with E-state index in [1.165, 1.54) is 12.1 Å². The Hall–Kier alpha value is -4.44. The number of nitrogens with zero attached hydrogens (tertiary/aromatic N) is 4. The highest BCUT2D eigenvalue weighted by atomic mass is 19.1. The van der Waals surface area contributed by atoms with E-state index in [1.54, 1.807) is 48.7 Å². The van der Waals surface area contributed by atoms with E-state index >= 15 is 8.78 Å². The Morgan fingerprint density at radius 2 is 1.82 bits per heavy atom. The van der Waals surface area contributed by atoms with Crippen LogP contribution in [0.15, 0.2) is 73.4 Å². The van der Waals surface area contributed by atoms with Crippen molar-refractivity contribution in [2.75, 3.05) is 54.9 Å². The molecule has 2 N–H and O–H groups in total. The van der Waals surface area contributed by atoms with Crippen molar-refractivity contribution in [3.8, 4) is 11.1 Å². The second-order valence-electron chi connectivity index (χ2n) is 9.14. The first kappa shape index (κ1) is 26.2. The summed E-state index contributed by atoms with van der Waals surface area (Å²) in [5.74, 6) is -1.08. The third kappa shape index (κ3) is 5.85. The van der Waals surface area contributed by atoms with Crippen LogP contribution in [0.1, 0.15) is 0 Å². The Morgan fingerprint density at radius 1 is 1.00 bits per heavy atom. The molecule has 200 valence electrons. The lowest BCUT2D eigenvalue weighted by molar-refractivity contribution is -0.111. The maximum absolute atomic E-state index is 15.1. The number of aromatic nitrogens is 2. The number of fused-ring (bicyclic) bond motifs is 1. The second-order valence-corrected chi connectivity index (χ2v) is 9.14. The van der Waals surface area contributed by atoms with Crippen LogP contribution in [0.5, 0.6) is 0 Å². The van der Waals surface area contributed by atoms with Gasteiger partial charge in [-0.05, 0) is 54.1 Å². The topological polar surface area (TPSA) is 73.4 Å². The molecular weight excluding hydrogens is 505 g/mol. The minimum Gasteiger partial charge on any atom is -0.367 e. The molecule has 39 heavy (non-hydrogen) atoms. The molecule has 2 heterocycles. The summed E-state index contributed by atoms with van der Waals surface area (Å²) in [5.41, 5.74) is 2.54. The smallest absolute Gasteiger partial charge is 0.247 e. The minimum absolute atomic E-state index is 0.178. The quantitative estimate of drug-likeness (QED) is 0.291. The molecule has 0 unspecified atom stereocenters. The first-order valence-electron chi connectivity index (χ1n) is 12.5. The van der Waals surface area contributed by atoms with Crippen molar-refractivity contribution in [2.45, 2.75) is 0 Å². The highest BCUT2D eigenvalue weighted by molar-refractivity contribution is 6.00. The zero-order valence-electron chi connectivity index (χ0n) is 21.1. The Bertz CT molecular complexity index is 1520. The molecule has 3 aromatic carbocycles. The van der Waals surface area contributed by atoms with Crippen LogP contribution in [0, 0.1) is 11.6 Å². The molecule has 1 aliphatic rings. The molecule has 1 saturated heterocycles. The molecule has 7 nitrogen and oxygen atoms in total. The van der Waals surface area contributed by atoms with Gasteiger partial charge in [0.05, 0.1) is 11.2 Å². The Labute approximate surface area is 224 Å². The molecule has 0 aliphatic carbocycles. The summed E-state index contributed by atoms with van der Waals surface area (Å²) in [7, 11) is 0. The number of hydrogen-bond donors (Lipinski definition) is 2. The zero-order chi connectivity index (χ0) is 27.4. The molecule has 10 heteroatoms. The fourth-order valence-corrected chi connectivity index (χ4v) is 4.66. The van der Waals surface area contributed by atoms with Crippen molar-refractivity contribution in [3.05, 3.63) is 85.1 Å². The van der Waals surface area contributed by atoms with Crippen LogP contribution in [0.25, 0.3) is 22.0 Å². The molecule has 0 saturated carbocycles. The summed E-state index contributed by atoms with van der Waals surface area (Å²) < 4.78 is 42.8. The maximum Gasteiger partial charge on any atom is 0.247 e. The lowest BCUT2D eigenvalue weighted by atomic mass is 10.0. The van der Waals surface area contributed by atoms with Crippen LogP contribution < -0.4 is 15.5 Å². The van der Waals surface area contributed by atoms with Crippen LogP contribution in [-0.2, 0) is 4.79 Å². The van der Waals surface area contributed by atoms with E-state index in [9.17, 15) is 9.18 Å². The molecule has 0 radical (unpaired) electrons. The Kier molecular flexibility index (Phi) is 7.74. The number of halogens is 3. The molecule has 0 bridgehead atoms. The van der Waals surface area contributed by atoms with Crippen molar-refractivity contribution in [2.24, 2.45) is 0 Å². The van der Waals surface area contributed by atoms with Crippen LogP contribution in [0.2, 0.25) is 0 Å². The maximum atomic E-state index is 15.1. The number of piperazine rings is 1. The van der Waals surface area contributed by atoms with Gasteiger partial charge in [-0.2, -0.15) is 0 Å². The van der Waals surface area contributed by atoms with Crippen molar-refractivity contribution in [1.29, 1.82) is 0 Å². The molecule has 5 rings (SSSR count). The van der Waals surface area contributed by atoms with Gasteiger partial charge in [0.2, 0.25) is 11.9 Å². The highest BCUT2D eigenvalue weighted by Gasteiger charge is 2.20. The van der Waals surface area contributed by atoms with Crippen LogP contribution in [0.4, 0.5) is 36.2 Å². The van der Waals surface area contributed by atoms with E-state index in [-0.39, 0.29) is 24.1 Å². The lowest BCUT2D eigenvalue weighted by Crippen LogP contribution is -2.47. The van der Waals surface area contributed by atoms with Crippen molar-refractivity contribution >= 4 is 39.8 Å². The van der Waals surface area contributed by atoms with Gasteiger partial charge in [0.1, 0.15) is 18.3 Å². The van der Waals surface area contributed by atoms with Gasteiger partial charge < -0.3 is 15.5 Å². The summed E-state index contributed by atoms with van der Waals surface area (Å²) in [4.78, 5) is 24.6. The van der Waals surface area contributed by atoms with E-state index in [1.807, 2.05) is 9.80 Å². The number of nitrogens with one attached hydrogen (secondary N) is 2. The third-order valence-corrected chi connectivity index (χ3v) is 6.62. The number of carbonyl (C=O) groups is 1. The van der Waals surface area contributed by atoms with Gasteiger partial charge in [-0.15, -0.1) is 0 Å². The monoisotopic (exact) mass is 532 g/mol. The fourth-order valence-electron chi connectivity index (χ4n) is 4.66. The van der Waals surface area contributed by atoms with Crippen LogP contribution in [0.3, 0.4) is 0 Å². The van der Waals surface area contributed by atoms with E-state index in [2.05, 4.69) is 27.2 Å². The average molecular weight is 533 g/mol. The summed E-state index contributed by atoms with van der Waals surface area (Å²) in [5, 5.41) is 6.30. The molecular formula is C29H27F3N6O. The molecule has 1 aromatic heterocycles. The van der Waals surface area contributed by atoms with E-state index in [0.717, 1.165) is 6.08 Å². The average Bonchev–Trinajstić information content (AvgIpc) is 2.94. The molecule has 0 spiro atoms. The van der Waals surface area contributed by atoms with Gasteiger partial charge in [0.15, 0.2) is 0 Å². The van der Waals surface area contributed by atoms with E-state index in [4.69, 9.17) is 0 Å². The van der Waals surface area contributed by atoms with Crippen molar-refractivity contribution < 1.29 is 18.0 Å². The molecule has 0 atom stereocenters. The summed E-state index contributed by atoms with van der Waals surface area (Å²) in [6.07, 6.45) is 2.72. The molecule has 4 aromatic rings. The number of rotatable bonds is 8. The lowest BCUT2D eigenvalue weighted by Gasteiger charge is -2.35. The third-order valence-electron chi connectivity index (χ3n) is 6.62. The zero-order valence-corrected chi connectivity index (χ0v) is 21.1. The number of amides is 1. The number of hydrogen-bond acceptors (Lipinski definition) is 6. The van der Waals surface area contributed by atoms with Crippen molar-refractivity contribution in [1.82, 2.24) is 14.9 Å². The van der Waals surface area contributed by atoms with Gasteiger partial charge in [-0.3, -0.25) is 9.69 Å². The summed E-state index contributed by atoms with van der Waals surface area (Å²) >= 11 is 0. The van der Waals surface area contributed by atoms with Gasteiger partial charge in [0.25, 0.3) is 0 Å². The Morgan fingerprint density at radius 3 is 2.56 bits per heavy atom. The standard InChI is InChI=1S/C29H27F3N6O/c1-2-26(39)34-21-5-3-4-19(16-21)27-23(31)8-6-20-18-33-29(36-28(20)27)35-22-7-9-25(24(32)17-22)38-14-12-37(11-10-30)13-15-38/h2-9,16-18H,1,10-15H2,(H,34,39)(H,33,35,36). The molecule has 1 aliphatic heterocycles. The predicted octanol–water partition coefficient (Wildman–Crippen LogP) is 5.53. The largest absolute Gasteiger partial charge is 0.367 e. The number of carbonyl (C=O) groups excluding carboxylic acids is 1. The fraction of sp³-hybridized carbons (Fsp3) is 0.207. The molecule has 1 fully saturated rings. The van der Waals surface area contributed by atoms with Gasteiger partial charge in [-0.25, -0.2) is 23.1 Å². The van der Waals surface area contributed by atoms with E-state index in [0.29, 0.717) is 66.3 Å². The number of anilines is 4. The first-order valence-corrected chi connectivity index (χ1v) is 12.5. The van der Waals surface area contributed by atoms with Crippen LogP contribution >= 0.6 is 0 Å². The van der Waals surface area contributed by atoms with Gasteiger partial charge in [-0.1, -0.05) is 18.7 Å². The van der Waals surface area contributed by atoms with E-state index < -0.39 is 11.6 Å². The van der Waals surface area contributed by atoms with Crippen molar-refractivity contribution in [3.63, 3.8) is 0 Å². The minimum atomic E-state index is -0.485. The SMILES string of the molecule is C=CC(=O)Nc1cccc(-c2c(F)ccc3cnc(Nc4ccc(N5CCN(CCF)CC5)c(F)c4)nc23)c1. The first-order chi connectivity index (χ1) is 18.9. The second kappa shape index (κ2) is 11.5. The molecule has 1 amide bonds. The number of benzene rings is 3. The van der Waals surface area contributed by atoms with Gasteiger partial charge >= 0.3 is 0 Å². The van der Waals surface area contributed by atoms with Crippen LogP contribution in [-0.4, -0.2) is 60.2 Å². The highest BCUT2D eigenvalue weighted by Crippen LogP contribution is 2.33.